The standard InChI is InChI=1S/C16H17NO8/c18-5-8-3-7-1-2-9(4-10(7)24-15(8)22)17-12-14(21)13(20)11(6-19)25-16(12)23/h1-5,11-14,16-17,19-21,23H,6H2/t11?,12?,13-,14-,16?/m0/s1. The van der Waals surface area contributed by atoms with E-state index < -0.39 is 42.9 Å². The molecule has 1 aliphatic heterocycles. The zero-order valence-electron chi connectivity index (χ0n) is 12.9. The van der Waals surface area contributed by atoms with Gasteiger partial charge in [0.2, 0.25) is 0 Å². The van der Waals surface area contributed by atoms with Gasteiger partial charge in [-0.2, -0.15) is 0 Å². The average Bonchev–Trinajstić information content (AvgIpc) is 2.61. The minimum atomic E-state index is -1.48. The smallest absolute Gasteiger partial charge is 0.346 e. The van der Waals surface area contributed by atoms with Crippen LogP contribution in [-0.4, -0.2) is 64.0 Å². The summed E-state index contributed by atoms with van der Waals surface area (Å²) >= 11 is 0. The molecule has 9 nitrogen and oxygen atoms in total. The molecule has 1 aromatic carbocycles. The lowest BCUT2D eigenvalue weighted by Gasteiger charge is -2.40. The maximum atomic E-state index is 11.6. The van der Waals surface area contributed by atoms with Crippen LogP contribution in [0.1, 0.15) is 10.4 Å². The number of ether oxygens (including phenoxy) is 1. The van der Waals surface area contributed by atoms with Crippen LogP contribution >= 0.6 is 0 Å². The van der Waals surface area contributed by atoms with Gasteiger partial charge in [0, 0.05) is 17.1 Å². The molecule has 2 aromatic rings. The Morgan fingerprint density at radius 1 is 1.16 bits per heavy atom. The summed E-state index contributed by atoms with van der Waals surface area (Å²) in [6.07, 6.45) is -4.96. The van der Waals surface area contributed by atoms with Gasteiger partial charge in [-0.05, 0) is 18.2 Å². The normalized spacial score (nSPS) is 29.5. The lowest BCUT2D eigenvalue weighted by Crippen LogP contribution is -2.61. The van der Waals surface area contributed by atoms with Crippen molar-refractivity contribution in [1.29, 1.82) is 0 Å². The fraction of sp³-hybridized carbons (Fsp3) is 0.375. The summed E-state index contributed by atoms with van der Waals surface area (Å²) in [5.41, 5.74) is -0.286. The first-order valence-corrected chi connectivity index (χ1v) is 7.54. The monoisotopic (exact) mass is 351 g/mol. The minimum Gasteiger partial charge on any atom is -0.422 e. The van der Waals surface area contributed by atoms with E-state index in [-0.39, 0.29) is 11.1 Å². The maximum absolute atomic E-state index is 11.6. The van der Waals surface area contributed by atoms with Crippen LogP contribution in [0.5, 0.6) is 0 Å². The number of carbonyl (C=O) groups is 1. The van der Waals surface area contributed by atoms with Gasteiger partial charge in [0.25, 0.3) is 0 Å². The first kappa shape index (κ1) is 17.5. The molecule has 3 unspecified atom stereocenters. The van der Waals surface area contributed by atoms with Crippen molar-refractivity contribution in [2.75, 3.05) is 11.9 Å². The molecule has 0 radical (unpaired) electrons. The van der Waals surface area contributed by atoms with Crippen molar-refractivity contribution in [3.8, 4) is 0 Å². The third-order valence-electron chi connectivity index (χ3n) is 4.12. The molecule has 1 aromatic heterocycles. The molecule has 1 aliphatic rings. The highest BCUT2D eigenvalue weighted by molar-refractivity contribution is 5.86. The first-order chi connectivity index (χ1) is 11.9. The highest BCUT2D eigenvalue weighted by Crippen LogP contribution is 2.25. The third-order valence-corrected chi connectivity index (χ3v) is 4.12. The summed E-state index contributed by atoms with van der Waals surface area (Å²) in [5, 5.41) is 42.4. The SMILES string of the molecule is O=Cc1cc2ccc(NC3C(O)OC(CO)[C@H](O)[C@H]3O)cc2oc1=O. The maximum Gasteiger partial charge on any atom is 0.346 e. The number of aldehydes is 1. The van der Waals surface area contributed by atoms with Crippen molar-refractivity contribution in [2.24, 2.45) is 0 Å². The first-order valence-electron chi connectivity index (χ1n) is 7.54. The van der Waals surface area contributed by atoms with E-state index in [0.29, 0.717) is 17.4 Å². The number of hydrogen-bond acceptors (Lipinski definition) is 9. The molecule has 1 fully saturated rings. The number of nitrogens with one attached hydrogen (secondary N) is 1. The van der Waals surface area contributed by atoms with E-state index in [1.807, 2.05) is 0 Å². The Morgan fingerprint density at radius 3 is 2.60 bits per heavy atom. The van der Waals surface area contributed by atoms with Gasteiger partial charge in [-0.25, -0.2) is 4.79 Å². The highest BCUT2D eigenvalue weighted by Gasteiger charge is 2.43. The molecular formula is C16H17NO8. The van der Waals surface area contributed by atoms with Crippen LogP contribution in [-0.2, 0) is 4.74 Å². The molecule has 134 valence electrons. The van der Waals surface area contributed by atoms with Crippen molar-refractivity contribution in [3.63, 3.8) is 0 Å². The molecule has 5 N–H and O–H groups in total. The Kier molecular flexibility index (Phi) is 4.84. The summed E-state index contributed by atoms with van der Waals surface area (Å²) < 4.78 is 10.1. The van der Waals surface area contributed by atoms with Crippen molar-refractivity contribution in [1.82, 2.24) is 0 Å². The van der Waals surface area contributed by atoms with Gasteiger partial charge in [-0.15, -0.1) is 0 Å². The molecule has 1 saturated heterocycles. The van der Waals surface area contributed by atoms with E-state index in [9.17, 15) is 24.9 Å². The zero-order chi connectivity index (χ0) is 18.1. The largest absolute Gasteiger partial charge is 0.422 e. The summed E-state index contributed by atoms with van der Waals surface area (Å²) in [5.74, 6) is 0. The van der Waals surface area contributed by atoms with Crippen LogP contribution < -0.4 is 10.9 Å². The van der Waals surface area contributed by atoms with Gasteiger partial charge in [-0.3, -0.25) is 4.79 Å². The molecule has 0 aliphatic carbocycles. The van der Waals surface area contributed by atoms with E-state index >= 15 is 0 Å². The van der Waals surface area contributed by atoms with Crippen LogP contribution in [0.3, 0.4) is 0 Å². The summed E-state index contributed by atoms with van der Waals surface area (Å²) in [6, 6.07) is 4.94. The Labute approximate surface area is 141 Å². The van der Waals surface area contributed by atoms with E-state index in [2.05, 4.69) is 5.32 Å². The number of hydrogen-bond donors (Lipinski definition) is 5. The number of fused-ring (bicyclic) bond motifs is 1. The second kappa shape index (κ2) is 6.90. The minimum absolute atomic E-state index is 0.0992. The van der Waals surface area contributed by atoms with Gasteiger partial charge in [0.1, 0.15) is 35.5 Å². The van der Waals surface area contributed by atoms with Crippen LogP contribution in [0.4, 0.5) is 5.69 Å². The molecule has 3 rings (SSSR count). The van der Waals surface area contributed by atoms with Crippen LogP contribution in [0.15, 0.2) is 33.5 Å². The number of benzene rings is 1. The van der Waals surface area contributed by atoms with Crippen molar-refractivity contribution >= 4 is 22.9 Å². The van der Waals surface area contributed by atoms with Crippen molar-refractivity contribution in [3.05, 3.63) is 40.2 Å². The number of aliphatic hydroxyl groups excluding tert-OH is 4. The predicted octanol–water partition coefficient (Wildman–Crippen LogP) is -1.18. The highest BCUT2D eigenvalue weighted by atomic mass is 16.6. The number of anilines is 1. The van der Waals surface area contributed by atoms with Crippen molar-refractivity contribution < 1.29 is 34.4 Å². The molecule has 25 heavy (non-hydrogen) atoms. The second-order valence-corrected chi connectivity index (χ2v) is 5.76. The van der Waals surface area contributed by atoms with Gasteiger partial charge in [-0.1, -0.05) is 0 Å². The van der Waals surface area contributed by atoms with E-state index in [1.54, 1.807) is 12.1 Å². The third kappa shape index (κ3) is 3.28. The molecule has 0 amide bonds. The second-order valence-electron chi connectivity index (χ2n) is 5.76. The fourth-order valence-corrected chi connectivity index (χ4v) is 2.74. The van der Waals surface area contributed by atoms with Gasteiger partial charge in [0.15, 0.2) is 12.6 Å². The van der Waals surface area contributed by atoms with Crippen molar-refractivity contribution in [2.45, 2.75) is 30.6 Å². The molecule has 2 heterocycles. The Balaban J connectivity index is 1.87. The van der Waals surface area contributed by atoms with Gasteiger partial charge >= 0.3 is 5.63 Å². The average molecular weight is 351 g/mol. The number of rotatable bonds is 4. The predicted molar refractivity (Wildman–Crippen MR) is 85.3 cm³/mol. The number of aliphatic hydroxyl groups is 4. The topological polar surface area (TPSA) is 149 Å². The summed E-state index contributed by atoms with van der Waals surface area (Å²) in [7, 11) is 0. The zero-order valence-corrected chi connectivity index (χ0v) is 12.9. The fourth-order valence-electron chi connectivity index (χ4n) is 2.74. The van der Waals surface area contributed by atoms with E-state index in [4.69, 9.17) is 14.3 Å². The van der Waals surface area contributed by atoms with Crippen LogP contribution in [0.2, 0.25) is 0 Å². The molecular weight excluding hydrogens is 334 g/mol. The van der Waals surface area contributed by atoms with Gasteiger partial charge in [0.05, 0.1) is 6.61 Å². The van der Waals surface area contributed by atoms with E-state index in [1.165, 1.54) is 12.1 Å². The molecule has 5 atom stereocenters. The quantitative estimate of drug-likeness (QED) is 0.339. The molecule has 0 saturated carbocycles. The van der Waals surface area contributed by atoms with Gasteiger partial charge < -0.3 is 34.9 Å². The Morgan fingerprint density at radius 2 is 1.92 bits per heavy atom. The van der Waals surface area contributed by atoms with Crippen LogP contribution in [0.25, 0.3) is 11.0 Å². The Hall–Kier alpha value is -2.30. The molecule has 0 bridgehead atoms. The lowest BCUT2D eigenvalue weighted by atomic mass is 9.97. The van der Waals surface area contributed by atoms with Crippen LogP contribution in [0, 0.1) is 0 Å². The summed E-state index contributed by atoms with van der Waals surface area (Å²) in [6.45, 7) is -0.553. The summed E-state index contributed by atoms with van der Waals surface area (Å²) in [4.78, 5) is 22.4. The molecule has 9 heteroatoms. The molecule has 0 spiro atoms. The van der Waals surface area contributed by atoms with E-state index in [0.717, 1.165) is 0 Å². The lowest BCUT2D eigenvalue weighted by molar-refractivity contribution is -0.245. The Bertz CT molecular complexity index is 834. The number of carbonyl (C=O) groups excluding carboxylic acids is 1.